The van der Waals surface area contributed by atoms with Crippen LogP contribution >= 0.6 is 0 Å². The van der Waals surface area contributed by atoms with E-state index in [1.54, 1.807) is 36.4 Å². The van der Waals surface area contributed by atoms with Gasteiger partial charge in [-0.25, -0.2) is 18.2 Å². The van der Waals surface area contributed by atoms with E-state index in [-0.39, 0.29) is 96.7 Å². The van der Waals surface area contributed by atoms with Crippen LogP contribution in [-0.2, 0) is 66.6 Å². The molecule has 0 aliphatic rings. The molecule has 3 aromatic heterocycles. The number of carboxylic acids is 1. The van der Waals surface area contributed by atoms with Gasteiger partial charge in [0, 0.05) is 76.0 Å². The first-order valence-corrected chi connectivity index (χ1v) is 40.5. The number of halogens is 3. The van der Waals surface area contributed by atoms with E-state index in [1.165, 1.54) is 34.6 Å². The number of anilines is 2. The molecule has 618 valence electrons. The van der Waals surface area contributed by atoms with E-state index in [0.717, 1.165) is 106 Å². The Labute approximate surface area is 732 Å². The number of nitrogens with one attached hydrogen (secondary N) is 2. The molecule has 3 heterocycles. The molecule has 12 aromatic rings. The summed E-state index contributed by atoms with van der Waals surface area (Å²) in [6.45, 7) is 44.1. The molecule has 0 unspecified atom stereocenters. The van der Waals surface area contributed by atoms with Gasteiger partial charge in [-0.2, -0.15) is 23.7 Å². The summed E-state index contributed by atoms with van der Waals surface area (Å²) in [6.07, 6.45) is 1.42. The van der Waals surface area contributed by atoms with E-state index in [0.29, 0.717) is 57.7 Å². The second kappa shape index (κ2) is 47.6. The molecule has 119 heavy (non-hydrogen) atoms. The molecule has 0 bridgehead atoms. The van der Waals surface area contributed by atoms with Crippen LogP contribution in [0, 0.1) is 68.8 Å². The van der Waals surface area contributed by atoms with Crippen LogP contribution in [-0.4, -0.2) is 59.0 Å². The number of benzene rings is 9. The number of aromatic nitrogens is 3. The molecule has 11 nitrogen and oxygen atoms in total. The summed E-state index contributed by atoms with van der Waals surface area (Å²) in [7, 11) is 0. The van der Waals surface area contributed by atoms with E-state index in [9.17, 15) is 33.0 Å². The molecule has 0 aliphatic heterocycles. The number of aliphatic carboxylic acids is 1. The Bertz CT molecular complexity index is 5140. The fourth-order valence-electron chi connectivity index (χ4n) is 15.2. The SMILES string of the molecule is C=C(Nc1ccccc1)c1c(-c2ccccc2)c(-c2ccc(F)cc2)n(CC[C@@H]([CH2-])C[C@@H]([CH2-])C)c1C(C)C.C=C=Nc1ccccc1.CC(C)c1c(C(=O)Nc2ccccc2)c(-c2ccccc2)c(-c2ccc(F)cc2)n1CC[C@@H](O)C[C@@H](O)CC(=O)O.[CH2-][C@H](CCn1c(C(C)C)cc(-c2ccccc2)c1-c1ccc(F)cc1)C[C@@H]([CH2-])C.[W+2].[W+2]. The standard InChI is InChI=1S/C35H39FN2.C33H35FN2O5.C27H32FN.C8H7N.2W/c1-24(2)23-26(5)21-22-38-34(25(3)4)32(27(6)37-31-15-11-8-12-16-31)33(28-13-9-7-10-14-28)35(38)29-17-19-30(36)20-18-29;1-21(2)31-30(33(41)35-25-11-7-4-8-12-25)29(22-9-5-3-6-10-22)32(23-13-15-24(34)16-14-23)36(31)18-17-26(37)19-27(38)20-28(39)40;1-19(2)17-21(5)15-16-29-26(20(3)4)18-25(22-9-7-6-8-10-22)27(29)23-11-13-24(28)14-12-23;1-2-9-8-6-4-3-5-7-8;;/h7-20,24-26,37H,1,5-6,21-23H2,2-4H3;3-16,21,26-27,37-38H,17-20H2,1-2H3,(H,35,41)(H,39,40);6-14,18-21H,1,5,15-17H2,2-4H3;3-7H,1H2;;/q-2;;-2;;2*+2/t24-,26+;26-,27-;19-,21+;;;/m010.../s1. The first-order valence-electron chi connectivity index (χ1n) is 40.5. The molecule has 16 heteroatoms. The minimum absolute atomic E-state index is 0. The molecule has 0 fully saturated rings. The van der Waals surface area contributed by atoms with Gasteiger partial charge in [-0.05, 0) is 192 Å². The van der Waals surface area contributed by atoms with E-state index in [2.05, 4.69) is 168 Å². The number of carbonyl (C=O) groups is 2. The monoisotopic (exact) mass is 1940 g/mol. The van der Waals surface area contributed by atoms with E-state index < -0.39 is 24.6 Å². The average Bonchev–Trinajstić information content (AvgIpc) is 1.59. The molecule has 5 N–H and O–H groups in total. The predicted octanol–water partition coefficient (Wildman–Crippen LogP) is 26.1. The number of amides is 1. The summed E-state index contributed by atoms with van der Waals surface area (Å²) in [4.78, 5) is 28.9. The predicted molar refractivity (Wildman–Crippen MR) is 479 cm³/mol. The zero-order chi connectivity index (χ0) is 84.2. The van der Waals surface area contributed by atoms with Crippen molar-refractivity contribution in [3.63, 3.8) is 0 Å². The van der Waals surface area contributed by atoms with Crippen LogP contribution in [0.15, 0.2) is 279 Å². The Morgan fingerprint density at radius 3 is 1.19 bits per heavy atom. The van der Waals surface area contributed by atoms with Crippen LogP contribution in [0.2, 0.25) is 0 Å². The number of aliphatic hydroxyl groups excluding tert-OH is 2. The quantitative estimate of drug-likeness (QED) is 0.0210. The van der Waals surface area contributed by atoms with Crippen molar-refractivity contribution in [2.75, 3.05) is 10.6 Å². The van der Waals surface area contributed by atoms with Crippen LogP contribution in [0.4, 0.5) is 30.2 Å². The van der Waals surface area contributed by atoms with Gasteiger partial charge < -0.3 is 67.3 Å². The zero-order valence-electron chi connectivity index (χ0n) is 69.7. The number of para-hydroxylation sites is 3. The van der Waals surface area contributed by atoms with Crippen LogP contribution in [0.5, 0.6) is 0 Å². The molecule has 1 amide bonds. The van der Waals surface area contributed by atoms with Crippen molar-refractivity contribution in [3.05, 3.63) is 347 Å². The Morgan fingerprint density at radius 2 is 0.798 bits per heavy atom. The largest absolute Gasteiger partial charge is 2.00 e. The summed E-state index contributed by atoms with van der Waals surface area (Å²) in [6, 6.07) is 81.5. The van der Waals surface area contributed by atoms with Gasteiger partial charge in [0.15, 0.2) is 0 Å². The molecular weight excluding hydrogens is 1830 g/mol. The molecule has 6 atom stereocenters. The number of nitrogens with zero attached hydrogens (tertiary/aromatic N) is 4. The number of aliphatic hydroxyl groups is 2. The fourth-order valence-corrected chi connectivity index (χ4v) is 15.2. The Balaban J connectivity index is 0.000000234. The molecule has 0 saturated carbocycles. The minimum Gasteiger partial charge on any atom is -0.481 e. The zero-order valence-corrected chi connectivity index (χ0v) is 75.6. The van der Waals surface area contributed by atoms with Gasteiger partial charge in [-0.3, -0.25) is 9.59 Å². The van der Waals surface area contributed by atoms with Crippen molar-refractivity contribution in [2.24, 2.45) is 28.7 Å². The maximum absolute atomic E-state index is 14.0. The summed E-state index contributed by atoms with van der Waals surface area (Å²) in [5, 5.41) is 36.3. The van der Waals surface area contributed by atoms with E-state index in [1.807, 2.05) is 176 Å². The number of carbonyl (C=O) groups excluding carboxylic acids is 1. The Kier molecular flexibility index (Phi) is 38.4. The molecule has 0 saturated heterocycles. The Hall–Kier alpha value is -10.2. The van der Waals surface area contributed by atoms with Crippen molar-refractivity contribution in [3.8, 4) is 67.2 Å². The third kappa shape index (κ3) is 27.4. The molecule has 0 aliphatic carbocycles. The maximum Gasteiger partial charge on any atom is 2.00 e. The van der Waals surface area contributed by atoms with Crippen LogP contribution in [0.25, 0.3) is 72.8 Å². The third-order valence-corrected chi connectivity index (χ3v) is 20.2. The molecule has 0 radical (unpaired) electrons. The number of rotatable bonds is 32. The van der Waals surface area contributed by atoms with Gasteiger partial charge in [0.05, 0.1) is 47.0 Å². The Morgan fingerprint density at radius 1 is 0.437 bits per heavy atom. The number of hydrogen-bond donors (Lipinski definition) is 5. The molecule has 0 spiro atoms. The number of hydrogen-bond acceptors (Lipinski definition) is 6. The van der Waals surface area contributed by atoms with Crippen LogP contribution in [0.1, 0.15) is 151 Å². The van der Waals surface area contributed by atoms with Gasteiger partial charge >= 0.3 is 48.1 Å². The van der Waals surface area contributed by atoms with Crippen molar-refractivity contribution in [2.45, 2.75) is 150 Å². The van der Waals surface area contributed by atoms with Crippen LogP contribution < -0.4 is 10.6 Å². The van der Waals surface area contributed by atoms with Crippen LogP contribution in [0.3, 0.4) is 0 Å². The second-order valence-electron chi connectivity index (χ2n) is 31.2. The van der Waals surface area contributed by atoms with E-state index in [4.69, 9.17) is 5.11 Å². The molecule has 12 rings (SSSR count). The van der Waals surface area contributed by atoms with Crippen molar-refractivity contribution in [1.82, 2.24) is 13.7 Å². The van der Waals surface area contributed by atoms with Gasteiger partial charge in [-0.1, -0.05) is 220 Å². The first kappa shape index (κ1) is 96.0. The summed E-state index contributed by atoms with van der Waals surface area (Å²) in [5.41, 5.74) is 20.0. The van der Waals surface area contributed by atoms with Crippen molar-refractivity contribution in [1.29, 1.82) is 0 Å². The van der Waals surface area contributed by atoms with Gasteiger partial charge in [0.1, 0.15) is 17.5 Å². The van der Waals surface area contributed by atoms with Gasteiger partial charge in [0.2, 0.25) is 0 Å². The number of carboxylic acid groups (broad SMARTS) is 1. The summed E-state index contributed by atoms with van der Waals surface area (Å²) in [5.74, 6) is 2.11. The van der Waals surface area contributed by atoms with E-state index >= 15 is 0 Å². The fraction of sp³-hybridized carbons (Fsp3) is 0.262. The third-order valence-electron chi connectivity index (χ3n) is 20.2. The number of aliphatic imine (C=N–C) groups is 1. The summed E-state index contributed by atoms with van der Waals surface area (Å²) >= 11 is 0. The minimum atomic E-state index is -1.18. The van der Waals surface area contributed by atoms with Gasteiger partial charge in [0.25, 0.3) is 5.91 Å². The second-order valence-corrected chi connectivity index (χ2v) is 31.2. The van der Waals surface area contributed by atoms with Gasteiger partial charge in [-0.15, -0.1) is 12.8 Å². The van der Waals surface area contributed by atoms with Crippen molar-refractivity contribution < 1.29 is 80.2 Å². The maximum atomic E-state index is 14.0. The normalized spacial score (nSPS) is 12.4. The van der Waals surface area contributed by atoms with Crippen molar-refractivity contribution >= 4 is 40.5 Å². The smallest absolute Gasteiger partial charge is 0.481 e. The molecule has 9 aromatic carbocycles. The topological polar surface area (TPSA) is 146 Å². The average molecular weight is 1940 g/mol. The molecular formula is C103H113F3N6O5W2. The summed E-state index contributed by atoms with van der Waals surface area (Å²) < 4.78 is 48.5. The first-order chi connectivity index (χ1) is 56.2.